The predicted molar refractivity (Wildman–Crippen MR) is 84.0 cm³/mol. The molecule has 0 unspecified atom stereocenters. The Bertz CT molecular complexity index is 1030. The quantitative estimate of drug-likeness (QED) is 0.730. The Morgan fingerprint density at radius 3 is 2.62 bits per heavy atom. The van der Waals surface area contributed by atoms with E-state index in [0.717, 1.165) is 11.1 Å². The average molecular weight is 320 g/mol. The number of nitriles is 2. The van der Waals surface area contributed by atoms with Gasteiger partial charge in [0.1, 0.15) is 12.1 Å². The van der Waals surface area contributed by atoms with Gasteiger partial charge in [-0.1, -0.05) is 0 Å². The molecule has 2 N–H and O–H groups in total. The van der Waals surface area contributed by atoms with Crippen LogP contribution in [0.1, 0.15) is 33.1 Å². The second-order valence-electron chi connectivity index (χ2n) is 5.19. The third kappa shape index (κ3) is 2.34. The Morgan fingerprint density at radius 1 is 1.25 bits per heavy atom. The summed E-state index contributed by atoms with van der Waals surface area (Å²) in [4.78, 5) is 23.4. The van der Waals surface area contributed by atoms with Crippen LogP contribution in [0.4, 0.5) is 5.95 Å². The number of rotatable bonds is 2. The van der Waals surface area contributed by atoms with Crippen molar-refractivity contribution < 1.29 is 4.79 Å². The van der Waals surface area contributed by atoms with E-state index in [0.29, 0.717) is 16.9 Å². The molecule has 9 nitrogen and oxygen atoms in total. The van der Waals surface area contributed by atoms with Gasteiger partial charge in [-0.15, -0.1) is 0 Å². The molecular formula is C15H12N8O. The summed E-state index contributed by atoms with van der Waals surface area (Å²) >= 11 is 0. The molecule has 0 saturated carbocycles. The van der Waals surface area contributed by atoms with Crippen molar-refractivity contribution in [2.45, 2.75) is 13.8 Å². The zero-order chi connectivity index (χ0) is 17.4. The SMILES string of the molecule is Cc1nc2c(cc1C(=O)Nc1nc(C#N)c(C#N)[nH]1)c(C)nn2C. The Morgan fingerprint density at radius 2 is 2.00 bits per heavy atom. The van der Waals surface area contributed by atoms with Crippen LogP contribution in [0.15, 0.2) is 6.07 Å². The van der Waals surface area contributed by atoms with E-state index in [1.54, 1.807) is 30.8 Å². The Labute approximate surface area is 136 Å². The number of aromatic nitrogens is 5. The molecule has 3 rings (SSSR count). The van der Waals surface area contributed by atoms with E-state index < -0.39 is 5.91 Å². The molecule has 0 aliphatic carbocycles. The van der Waals surface area contributed by atoms with Gasteiger partial charge in [0.25, 0.3) is 5.91 Å². The van der Waals surface area contributed by atoms with Crippen LogP contribution in [-0.4, -0.2) is 30.6 Å². The van der Waals surface area contributed by atoms with Crippen LogP contribution in [0, 0.1) is 36.5 Å². The molecule has 3 aromatic rings. The topological polar surface area (TPSA) is 136 Å². The van der Waals surface area contributed by atoms with E-state index >= 15 is 0 Å². The number of carbonyl (C=O) groups is 1. The van der Waals surface area contributed by atoms with Crippen LogP contribution in [0.2, 0.25) is 0 Å². The minimum absolute atomic E-state index is 0.00111. The summed E-state index contributed by atoms with van der Waals surface area (Å²) in [7, 11) is 1.79. The molecule has 9 heteroatoms. The van der Waals surface area contributed by atoms with E-state index in [1.807, 2.05) is 13.0 Å². The standard InChI is InChI=1S/C15H12N8O/c1-7-10(4-9-8(2)22-23(3)13(9)18-7)14(24)21-15-19-11(5-16)12(6-17)20-15/h4H,1-3H3,(H2,19,20,21,24). The second-order valence-corrected chi connectivity index (χ2v) is 5.19. The number of pyridine rings is 1. The summed E-state index contributed by atoms with van der Waals surface area (Å²) in [5.41, 5.74) is 2.30. The van der Waals surface area contributed by atoms with Crippen molar-refractivity contribution in [1.82, 2.24) is 24.7 Å². The summed E-state index contributed by atoms with van der Waals surface area (Å²) < 4.78 is 1.66. The van der Waals surface area contributed by atoms with Crippen LogP contribution in [0.3, 0.4) is 0 Å². The van der Waals surface area contributed by atoms with E-state index in [4.69, 9.17) is 10.5 Å². The number of fused-ring (bicyclic) bond motifs is 1. The van der Waals surface area contributed by atoms with Gasteiger partial charge >= 0.3 is 0 Å². The van der Waals surface area contributed by atoms with Crippen LogP contribution in [-0.2, 0) is 7.05 Å². The third-order valence-corrected chi connectivity index (χ3v) is 3.59. The molecule has 3 aromatic heterocycles. The minimum atomic E-state index is -0.437. The Balaban J connectivity index is 1.99. The van der Waals surface area contributed by atoms with Gasteiger partial charge in [-0.25, -0.2) is 9.97 Å². The number of H-pyrrole nitrogens is 1. The van der Waals surface area contributed by atoms with Crippen molar-refractivity contribution in [1.29, 1.82) is 10.5 Å². The zero-order valence-electron chi connectivity index (χ0n) is 13.2. The highest BCUT2D eigenvalue weighted by atomic mass is 16.1. The fraction of sp³-hybridized carbons (Fsp3) is 0.200. The highest BCUT2D eigenvalue weighted by Gasteiger charge is 2.17. The minimum Gasteiger partial charge on any atom is -0.314 e. The molecule has 0 aliphatic rings. The highest BCUT2D eigenvalue weighted by molar-refractivity contribution is 6.06. The Hall–Kier alpha value is -3.72. The van der Waals surface area contributed by atoms with Gasteiger partial charge in [0.05, 0.1) is 17.0 Å². The van der Waals surface area contributed by atoms with E-state index in [1.165, 1.54) is 0 Å². The molecule has 0 saturated heterocycles. The maximum atomic E-state index is 12.5. The van der Waals surface area contributed by atoms with Gasteiger partial charge in [0, 0.05) is 12.4 Å². The summed E-state index contributed by atoms with van der Waals surface area (Å²) in [5.74, 6) is -0.400. The molecule has 0 fully saturated rings. The molecule has 0 bridgehead atoms. The lowest BCUT2D eigenvalue weighted by Gasteiger charge is -2.06. The zero-order valence-corrected chi connectivity index (χ0v) is 13.2. The van der Waals surface area contributed by atoms with E-state index in [9.17, 15) is 4.79 Å². The van der Waals surface area contributed by atoms with Gasteiger partial charge in [0.2, 0.25) is 5.95 Å². The smallest absolute Gasteiger partial charge is 0.259 e. The van der Waals surface area contributed by atoms with Gasteiger partial charge in [0.15, 0.2) is 17.0 Å². The summed E-state index contributed by atoms with van der Waals surface area (Å²) in [5, 5.41) is 25.4. The number of aryl methyl sites for hydroxylation is 3. The molecule has 1 amide bonds. The van der Waals surface area contributed by atoms with Crippen LogP contribution in [0.25, 0.3) is 11.0 Å². The van der Waals surface area contributed by atoms with Crippen molar-refractivity contribution in [3.05, 3.63) is 34.4 Å². The van der Waals surface area contributed by atoms with Gasteiger partial charge in [-0.2, -0.15) is 15.6 Å². The molecule has 24 heavy (non-hydrogen) atoms. The summed E-state index contributed by atoms with van der Waals surface area (Å²) in [6.45, 7) is 3.56. The van der Waals surface area contributed by atoms with Crippen molar-refractivity contribution in [2.75, 3.05) is 5.32 Å². The number of imidazole rings is 1. The van der Waals surface area contributed by atoms with E-state index in [-0.39, 0.29) is 17.3 Å². The first kappa shape index (κ1) is 15.2. The molecule has 0 spiro atoms. The number of anilines is 1. The molecule has 3 heterocycles. The highest BCUT2D eigenvalue weighted by Crippen LogP contribution is 2.20. The summed E-state index contributed by atoms with van der Waals surface area (Å²) in [6, 6.07) is 5.31. The fourth-order valence-electron chi connectivity index (χ4n) is 2.43. The number of nitrogens with zero attached hydrogens (tertiary/aromatic N) is 6. The number of nitrogens with one attached hydrogen (secondary N) is 2. The van der Waals surface area contributed by atoms with Gasteiger partial charge in [-0.3, -0.25) is 14.8 Å². The lowest BCUT2D eigenvalue weighted by molar-refractivity contribution is 0.102. The van der Waals surface area contributed by atoms with Crippen LogP contribution < -0.4 is 5.32 Å². The first-order valence-electron chi connectivity index (χ1n) is 6.97. The second kappa shape index (κ2) is 5.48. The first-order valence-corrected chi connectivity index (χ1v) is 6.97. The molecule has 0 radical (unpaired) electrons. The lowest BCUT2D eigenvalue weighted by Crippen LogP contribution is -2.15. The Kier molecular flexibility index (Phi) is 3.47. The van der Waals surface area contributed by atoms with Crippen LogP contribution in [0.5, 0.6) is 0 Å². The van der Waals surface area contributed by atoms with Crippen molar-refractivity contribution in [2.24, 2.45) is 7.05 Å². The van der Waals surface area contributed by atoms with Gasteiger partial charge < -0.3 is 4.98 Å². The molecule has 0 aromatic carbocycles. The molecule has 0 aliphatic heterocycles. The molecule has 0 atom stereocenters. The van der Waals surface area contributed by atoms with Crippen molar-refractivity contribution in [3.63, 3.8) is 0 Å². The predicted octanol–water partition coefficient (Wildman–Crippen LogP) is 1.30. The number of aromatic amines is 1. The number of hydrogen-bond acceptors (Lipinski definition) is 6. The fourth-order valence-corrected chi connectivity index (χ4v) is 2.43. The monoisotopic (exact) mass is 320 g/mol. The van der Waals surface area contributed by atoms with Gasteiger partial charge in [-0.05, 0) is 19.9 Å². The van der Waals surface area contributed by atoms with Crippen molar-refractivity contribution in [3.8, 4) is 12.1 Å². The average Bonchev–Trinajstić information content (AvgIpc) is 3.07. The number of carbonyl (C=O) groups excluding carboxylic acids is 1. The molecule has 118 valence electrons. The largest absolute Gasteiger partial charge is 0.314 e. The normalized spacial score (nSPS) is 10.4. The lowest BCUT2D eigenvalue weighted by atomic mass is 10.1. The number of hydrogen-bond donors (Lipinski definition) is 2. The summed E-state index contributed by atoms with van der Waals surface area (Å²) in [6.07, 6.45) is 0. The third-order valence-electron chi connectivity index (χ3n) is 3.59. The number of amides is 1. The first-order chi connectivity index (χ1) is 11.4. The van der Waals surface area contributed by atoms with E-state index in [2.05, 4.69) is 25.4 Å². The van der Waals surface area contributed by atoms with Crippen LogP contribution >= 0.6 is 0 Å². The van der Waals surface area contributed by atoms with Crippen molar-refractivity contribution >= 4 is 22.9 Å². The maximum Gasteiger partial charge on any atom is 0.259 e. The maximum absolute atomic E-state index is 12.5. The molecular weight excluding hydrogens is 308 g/mol.